The van der Waals surface area contributed by atoms with E-state index in [1.165, 1.54) is 23.1 Å². The van der Waals surface area contributed by atoms with E-state index in [2.05, 4.69) is 10.3 Å². The first-order valence-corrected chi connectivity index (χ1v) is 9.70. The lowest BCUT2D eigenvalue weighted by molar-refractivity contribution is -0.138. The van der Waals surface area contributed by atoms with Crippen LogP contribution in [0.2, 0.25) is 0 Å². The van der Waals surface area contributed by atoms with Gasteiger partial charge in [-0.05, 0) is 43.5 Å². The monoisotopic (exact) mass is 419 g/mol. The van der Waals surface area contributed by atoms with Crippen LogP contribution < -0.4 is 5.32 Å². The van der Waals surface area contributed by atoms with Gasteiger partial charge in [-0.25, -0.2) is 4.39 Å². The molecule has 2 N–H and O–H groups in total. The number of nitrogens with zero attached hydrogens (tertiary/aromatic N) is 1. The zero-order chi connectivity index (χ0) is 21.5. The van der Waals surface area contributed by atoms with E-state index >= 15 is 0 Å². The number of amides is 1. The minimum absolute atomic E-state index is 0.0874. The minimum Gasteiger partial charge on any atom is -0.371 e. The van der Waals surface area contributed by atoms with Gasteiger partial charge in [0, 0.05) is 25.0 Å². The van der Waals surface area contributed by atoms with Crippen LogP contribution in [0.4, 0.5) is 23.4 Å². The second-order valence-electron chi connectivity index (χ2n) is 7.72. The van der Waals surface area contributed by atoms with E-state index in [-0.39, 0.29) is 17.3 Å². The number of benzene rings is 2. The predicted octanol–water partition coefficient (Wildman–Crippen LogP) is 5.21. The molecule has 2 heterocycles. The molecule has 0 radical (unpaired) electrons. The van der Waals surface area contributed by atoms with Crippen molar-refractivity contribution < 1.29 is 22.4 Å². The number of anilines is 1. The molecule has 0 saturated carbocycles. The van der Waals surface area contributed by atoms with Gasteiger partial charge in [-0.15, -0.1) is 0 Å². The summed E-state index contributed by atoms with van der Waals surface area (Å²) in [5.74, 6) is -0.180. The Morgan fingerprint density at radius 2 is 2.03 bits per heavy atom. The molecule has 1 amide bonds. The highest BCUT2D eigenvalue weighted by molar-refractivity contribution is 5.96. The molecule has 3 aromatic rings. The maximum absolute atomic E-state index is 13.8. The molecule has 1 saturated heterocycles. The Labute approximate surface area is 170 Å². The van der Waals surface area contributed by atoms with Gasteiger partial charge in [0.05, 0.1) is 16.6 Å². The molecule has 4 rings (SSSR count). The number of para-hydroxylation sites is 1. The molecule has 2 aromatic carbocycles. The van der Waals surface area contributed by atoms with Crippen LogP contribution in [0.25, 0.3) is 10.9 Å². The number of halogens is 4. The third-order valence-corrected chi connectivity index (χ3v) is 5.47. The molecule has 4 nitrogen and oxygen atoms in total. The Morgan fingerprint density at radius 3 is 2.77 bits per heavy atom. The number of rotatable bonds is 4. The highest BCUT2D eigenvalue weighted by Gasteiger charge is 2.37. The normalized spacial score (nSPS) is 17.0. The predicted molar refractivity (Wildman–Crippen MR) is 107 cm³/mol. The van der Waals surface area contributed by atoms with E-state index in [4.69, 9.17) is 0 Å². The van der Waals surface area contributed by atoms with Crippen molar-refractivity contribution in [2.75, 3.05) is 25.0 Å². The third-order valence-electron chi connectivity index (χ3n) is 5.47. The number of alkyl halides is 3. The highest BCUT2D eigenvalue weighted by atomic mass is 19.4. The molecule has 1 aromatic heterocycles. The fourth-order valence-electron chi connectivity index (χ4n) is 3.91. The lowest BCUT2D eigenvalue weighted by Gasteiger charge is -2.20. The summed E-state index contributed by atoms with van der Waals surface area (Å²) in [5, 5.41) is 3.96. The van der Waals surface area contributed by atoms with Crippen molar-refractivity contribution in [3.8, 4) is 0 Å². The number of H-pyrrole nitrogens is 1. The molecule has 158 valence electrons. The van der Waals surface area contributed by atoms with Crippen molar-refractivity contribution in [1.29, 1.82) is 0 Å². The van der Waals surface area contributed by atoms with Crippen molar-refractivity contribution in [2.45, 2.75) is 19.5 Å². The summed E-state index contributed by atoms with van der Waals surface area (Å²) in [6.45, 7) is 2.96. The zero-order valence-corrected chi connectivity index (χ0v) is 16.3. The summed E-state index contributed by atoms with van der Waals surface area (Å²) in [5.41, 5.74) is -0.181. The average Bonchev–Trinajstić information content (AvgIpc) is 3.32. The quantitative estimate of drug-likeness (QED) is 0.571. The number of aryl methyl sites for hydroxylation is 1. The van der Waals surface area contributed by atoms with Crippen LogP contribution >= 0.6 is 0 Å². The van der Waals surface area contributed by atoms with Gasteiger partial charge in [-0.1, -0.05) is 23.8 Å². The molecule has 0 unspecified atom stereocenters. The van der Waals surface area contributed by atoms with Crippen molar-refractivity contribution in [1.82, 2.24) is 9.88 Å². The fraction of sp³-hybridized carbons (Fsp3) is 0.318. The molecule has 1 fully saturated rings. The number of hydrogen-bond donors (Lipinski definition) is 2. The maximum Gasteiger partial charge on any atom is 0.417 e. The molecule has 1 aliphatic heterocycles. The van der Waals surface area contributed by atoms with Crippen LogP contribution in [0.5, 0.6) is 0 Å². The van der Waals surface area contributed by atoms with Crippen LogP contribution in [0, 0.1) is 18.7 Å². The summed E-state index contributed by atoms with van der Waals surface area (Å²) in [7, 11) is 0. The second kappa shape index (κ2) is 7.66. The van der Waals surface area contributed by atoms with Gasteiger partial charge in [0.25, 0.3) is 5.91 Å². The molecule has 30 heavy (non-hydrogen) atoms. The topological polar surface area (TPSA) is 48.1 Å². The van der Waals surface area contributed by atoms with Gasteiger partial charge in [0.2, 0.25) is 0 Å². The summed E-state index contributed by atoms with van der Waals surface area (Å²) >= 11 is 0. The molecule has 1 aliphatic rings. The van der Waals surface area contributed by atoms with Crippen molar-refractivity contribution in [2.24, 2.45) is 5.92 Å². The lowest BCUT2D eigenvalue weighted by Crippen LogP contribution is -2.31. The molecule has 0 spiro atoms. The largest absolute Gasteiger partial charge is 0.417 e. The Morgan fingerprint density at radius 1 is 1.23 bits per heavy atom. The third kappa shape index (κ3) is 3.99. The van der Waals surface area contributed by atoms with Crippen molar-refractivity contribution in [3.05, 3.63) is 65.0 Å². The van der Waals surface area contributed by atoms with Gasteiger partial charge in [0.1, 0.15) is 11.6 Å². The fourth-order valence-corrected chi connectivity index (χ4v) is 3.91. The first-order valence-electron chi connectivity index (χ1n) is 9.70. The molecule has 0 bridgehead atoms. The Balaban J connectivity index is 1.42. The smallest absolute Gasteiger partial charge is 0.371 e. The van der Waals surface area contributed by atoms with E-state index in [0.29, 0.717) is 43.0 Å². The van der Waals surface area contributed by atoms with E-state index in [0.717, 1.165) is 11.5 Å². The van der Waals surface area contributed by atoms with E-state index in [1.54, 1.807) is 25.1 Å². The zero-order valence-electron chi connectivity index (χ0n) is 16.3. The molecular formula is C22H21F4N3O. The lowest BCUT2D eigenvalue weighted by atomic mass is 10.0. The van der Waals surface area contributed by atoms with Crippen LogP contribution in [-0.4, -0.2) is 35.4 Å². The summed E-state index contributed by atoms with van der Waals surface area (Å²) in [6.07, 6.45) is -3.90. The number of hydrogen-bond acceptors (Lipinski definition) is 2. The van der Waals surface area contributed by atoms with Crippen LogP contribution in [0.15, 0.2) is 42.5 Å². The average molecular weight is 419 g/mol. The van der Waals surface area contributed by atoms with E-state index in [1.807, 2.05) is 0 Å². The maximum atomic E-state index is 13.8. The van der Waals surface area contributed by atoms with Gasteiger partial charge in [-0.3, -0.25) is 4.79 Å². The standard InChI is InChI=1S/C22H21F4N3O/c1-13-5-6-17(22(24,25)26)16(9-13)21(30)29-8-7-14(12-29)11-27-19-10-15-3-2-4-18(23)20(15)28-19/h2-6,9-10,14,27-28H,7-8,11-12H2,1H3/t14-/m0/s1. The highest BCUT2D eigenvalue weighted by Crippen LogP contribution is 2.34. The van der Waals surface area contributed by atoms with Crippen molar-refractivity contribution in [3.63, 3.8) is 0 Å². The SMILES string of the molecule is Cc1ccc(C(F)(F)F)c(C(=O)N2CC[C@@H](CNc3cc4cccc(F)c4[nH]3)C2)c1. The van der Waals surface area contributed by atoms with Gasteiger partial charge in [-0.2, -0.15) is 13.2 Å². The van der Waals surface area contributed by atoms with Crippen molar-refractivity contribution >= 4 is 22.6 Å². The number of aromatic amines is 1. The summed E-state index contributed by atoms with van der Waals surface area (Å²) in [6, 6.07) is 10.2. The Kier molecular flexibility index (Phi) is 5.17. The number of nitrogens with one attached hydrogen (secondary N) is 2. The van der Waals surface area contributed by atoms with Crippen LogP contribution in [0.1, 0.15) is 27.9 Å². The van der Waals surface area contributed by atoms with Crippen LogP contribution in [-0.2, 0) is 6.18 Å². The Hall–Kier alpha value is -3.03. The van der Waals surface area contributed by atoms with Crippen LogP contribution in [0.3, 0.4) is 0 Å². The molecular weight excluding hydrogens is 398 g/mol. The van der Waals surface area contributed by atoms with Gasteiger partial charge >= 0.3 is 6.18 Å². The second-order valence-corrected chi connectivity index (χ2v) is 7.72. The number of fused-ring (bicyclic) bond motifs is 1. The molecule has 8 heteroatoms. The number of aromatic nitrogens is 1. The number of carbonyl (C=O) groups excluding carboxylic acids is 1. The first-order chi connectivity index (χ1) is 14.2. The first kappa shape index (κ1) is 20.3. The number of carbonyl (C=O) groups is 1. The van der Waals surface area contributed by atoms with Gasteiger partial charge < -0.3 is 15.2 Å². The number of likely N-dealkylation sites (tertiary alicyclic amines) is 1. The molecule has 1 atom stereocenters. The van der Waals surface area contributed by atoms with E-state index < -0.39 is 17.6 Å². The molecule has 0 aliphatic carbocycles. The Bertz CT molecular complexity index is 1090. The summed E-state index contributed by atoms with van der Waals surface area (Å²) < 4.78 is 53.8. The minimum atomic E-state index is -4.58. The van der Waals surface area contributed by atoms with E-state index in [9.17, 15) is 22.4 Å². The van der Waals surface area contributed by atoms with Gasteiger partial charge in [0.15, 0.2) is 0 Å². The summed E-state index contributed by atoms with van der Waals surface area (Å²) in [4.78, 5) is 17.3.